The SMILES string of the molecule is Cc1ncsc1/C=C/C1=C(C(=O)OCOC(=O)C(C)(C)C)N2C(=O)C(NC(=O)/C(=N/O)c3csc(N)n3)C2SC1. The van der Waals surface area contributed by atoms with Crippen molar-refractivity contribution in [3.63, 3.8) is 0 Å². The summed E-state index contributed by atoms with van der Waals surface area (Å²) in [6, 6.07) is -1.01. The number of aryl methyl sites for hydroxylation is 1. The molecule has 16 heteroatoms. The minimum Gasteiger partial charge on any atom is -0.427 e. The van der Waals surface area contributed by atoms with E-state index in [0.717, 1.165) is 21.9 Å². The molecule has 2 aliphatic rings. The Bertz CT molecular complexity index is 1440. The maximum absolute atomic E-state index is 13.2. The number of aromatic nitrogens is 2. The molecule has 2 aromatic rings. The number of oxime groups is 1. The second-order valence-electron chi connectivity index (χ2n) is 9.62. The Kier molecular flexibility index (Phi) is 8.60. The number of hydrogen-bond donors (Lipinski definition) is 3. The third kappa shape index (κ3) is 6.03. The highest BCUT2D eigenvalue weighted by Crippen LogP contribution is 2.41. The molecule has 212 valence electrons. The number of carbonyl (C=O) groups is 4. The number of esters is 2. The number of carbonyl (C=O) groups excluding carboxylic acids is 4. The van der Waals surface area contributed by atoms with Gasteiger partial charge in [-0.25, -0.2) is 14.8 Å². The second kappa shape index (κ2) is 11.8. The van der Waals surface area contributed by atoms with Crippen molar-refractivity contribution in [2.45, 2.75) is 39.1 Å². The molecule has 1 saturated heterocycles. The van der Waals surface area contributed by atoms with Crippen molar-refractivity contribution in [3.8, 4) is 0 Å². The van der Waals surface area contributed by atoms with Gasteiger partial charge in [0.2, 0.25) is 6.79 Å². The topological polar surface area (TPSA) is 186 Å². The van der Waals surface area contributed by atoms with E-state index >= 15 is 0 Å². The second-order valence-corrected chi connectivity index (χ2v) is 12.5. The molecule has 2 atom stereocenters. The highest BCUT2D eigenvalue weighted by molar-refractivity contribution is 8.00. The van der Waals surface area contributed by atoms with Crippen molar-refractivity contribution in [1.82, 2.24) is 20.2 Å². The Balaban J connectivity index is 1.54. The first-order valence-electron chi connectivity index (χ1n) is 11.8. The van der Waals surface area contributed by atoms with Gasteiger partial charge in [-0.1, -0.05) is 11.2 Å². The number of nitrogens with zero attached hydrogens (tertiary/aromatic N) is 4. The standard InChI is InChI=1S/C24H26N6O7S3/c1-11-14(40-9-26-11)6-5-12-7-38-20-16(28-18(31)15(29-35)13-8-39-23(25)27-13)19(32)30(20)17(12)21(33)36-10-37-22(34)24(2,3)4/h5-6,8-9,16,20,35H,7,10H2,1-4H3,(H2,25,27)(H,28,31)/b6-5+,29-15+. The lowest BCUT2D eigenvalue weighted by atomic mass is 9.98. The lowest BCUT2D eigenvalue weighted by Crippen LogP contribution is -2.71. The molecule has 13 nitrogen and oxygen atoms in total. The molecule has 2 aromatic heterocycles. The smallest absolute Gasteiger partial charge is 0.358 e. The zero-order valence-corrected chi connectivity index (χ0v) is 24.3. The van der Waals surface area contributed by atoms with Gasteiger partial charge in [0.1, 0.15) is 22.8 Å². The fourth-order valence-corrected chi connectivity index (χ4v) is 6.21. The van der Waals surface area contributed by atoms with E-state index in [9.17, 15) is 24.4 Å². The molecule has 2 unspecified atom stereocenters. The molecule has 0 aromatic carbocycles. The molecule has 4 N–H and O–H groups in total. The van der Waals surface area contributed by atoms with Crippen LogP contribution in [-0.4, -0.2) is 73.5 Å². The number of thiazole rings is 2. The number of nitrogen functional groups attached to an aromatic ring is 1. The molecule has 0 aliphatic carbocycles. The number of anilines is 1. The quantitative estimate of drug-likeness (QED) is 0.0998. The maximum Gasteiger partial charge on any atom is 0.358 e. The van der Waals surface area contributed by atoms with Gasteiger partial charge in [0.25, 0.3) is 11.8 Å². The van der Waals surface area contributed by atoms with Crippen molar-refractivity contribution in [3.05, 3.63) is 44.5 Å². The van der Waals surface area contributed by atoms with Crippen LogP contribution < -0.4 is 11.1 Å². The number of rotatable bonds is 8. The Morgan fingerprint density at radius 2 is 2.02 bits per heavy atom. The maximum atomic E-state index is 13.2. The van der Waals surface area contributed by atoms with Crippen LogP contribution in [0.15, 0.2) is 33.4 Å². The molecular weight excluding hydrogens is 581 g/mol. The van der Waals surface area contributed by atoms with Crippen molar-refractivity contribution in [2.24, 2.45) is 10.6 Å². The zero-order chi connectivity index (χ0) is 29.2. The van der Waals surface area contributed by atoms with E-state index in [1.165, 1.54) is 33.4 Å². The van der Waals surface area contributed by atoms with Crippen LogP contribution in [0.25, 0.3) is 6.08 Å². The third-order valence-corrected chi connectivity index (χ3v) is 8.64. The van der Waals surface area contributed by atoms with Crippen molar-refractivity contribution in [2.75, 3.05) is 18.3 Å². The molecule has 1 fully saturated rings. The average Bonchev–Trinajstić information content (AvgIpc) is 3.52. The molecule has 0 radical (unpaired) electrons. The average molecular weight is 607 g/mol. The van der Waals surface area contributed by atoms with Gasteiger partial charge in [-0.3, -0.25) is 19.3 Å². The summed E-state index contributed by atoms with van der Waals surface area (Å²) in [5.41, 5.74) is 7.46. The molecule has 4 heterocycles. The van der Waals surface area contributed by atoms with Crippen LogP contribution in [0, 0.1) is 12.3 Å². The van der Waals surface area contributed by atoms with Gasteiger partial charge >= 0.3 is 11.9 Å². The molecule has 0 bridgehead atoms. The van der Waals surface area contributed by atoms with Gasteiger partial charge in [-0.2, -0.15) is 0 Å². The van der Waals surface area contributed by atoms with Crippen molar-refractivity contribution in [1.29, 1.82) is 0 Å². The lowest BCUT2D eigenvalue weighted by molar-refractivity contribution is -0.173. The molecule has 2 aliphatic heterocycles. The van der Waals surface area contributed by atoms with Gasteiger partial charge in [0.05, 0.1) is 16.6 Å². The van der Waals surface area contributed by atoms with E-state index in [-0.39, 0.29) is 16.5 Å². The van der Waals surface area contributed by atoms with E-state index in [1.807, 2.05) is 6.92 Å². The number of β-lactam (4-membered cyclic amide) rings is 1. The first kappa shape index (κ1) is 29.2. The number of ether oxygens (including phenoxy) is 2. The zero-order valence-electron chi connectivity index (χ0n) is 21.9. The first-order valence-corrected chi connectivity index (χ1v) is 14.6. The van der Waals surface area contributed by atoms with E-state index in [1.54, 1.807) is 38.4 Å². The van der Waals surface area contributed by atoms with E-state index in [4.69, 9.17) is 15.2 Å². The Morgan fingerprint density at radius 1 is 1.27 bits per heavy atom. The predicted molar refractivity (Wildman–Crippen MR) is 149 cm³/mol. The van der Waals surface area contributed by atoms with Gasteiger partial charge in [-0.05, 0) is 39.3 Å². The Labute approximate surface area is 241 Å². The fraction of sp³-hybridized carbons (Fsp3) is 0.375. The molecule has 40 heavy (non-hydrogen) atoms. The van der Waals surface area contributed by atoms with E-state index in [2.05, 4.69) is 20.4 Å². The highest BCUT2D eigenvalue weighted by atomic mass is 32.2. The molecule has 2 amide bonds. The summed E-state index contributed by atoms with van der Waals surface area (Å²) >= 11 is 3.81. The van der Waals surface area contributed by atoms with Crippen LogP contribution in [0.5, 0.6) is 0 Å². The normalized spacial score (nSPS) is 19.4. The molecule has 0 spiro atoms. The van der Waals surface area contributed by atoms with Crippen LogP contribution in [0.4, 0.5) is 5.13 Å². The number of amides is 2. The number of hydrogen-bond acceptors (Lipinski definition) is 14. The largest absolute Gasteiger partial charge is 0.427 e. The van der Waals surface area contributed by atoms with Crippen LogP contribution in [-0.2, 0) is 28.7 Å². The molecular formula is C24H26N6O7S3. The van der Waals surface area contributed by atoms with Gasteiger partial charge in [0.15, 0.2) is 10.8 Å². The van der Waals surface area contributed by atoms with E-state index in [0.29, 0.717) is 11.3 Å². The van der Waals surface area contributed by atoms with Gasteiger partial charge in [-0.15, -0.1) is 34.4 Å². The highest BCUT2D eigenvalue weighted by Gasteiger charge is 2.54. The van der Waals surface area contributed by atoms with Crippen LogP contribution in [0.3, 0.4) is 0 Å². The summed E-state index contributed by atoms with van der Waals surface area (Å²) in [5, 5.41) is 15.9. The third-order valence-electron chi connectivity index (χ3n) is 5.77. The fourth-order valence-electron chi connectivity index (χ4n) is 3.65. The summed E-state index contributed by atoms with van der Waals surface area (Å²) in [7, 11) is 0. The summed E-state index contributed by atoms with van der Waals surface area (Å²) < 4.78 is 10.3. The Morgan fingerprint density at radius 3 is 2.62 bits per heavy atom. The number of nitrogens with two attached hydrogens (primary N) is 1. The summed E-state index contributed by atoms with van der Waals surface area (Å²) in [4.78, 5) is 61.6. The van der Waals surface area contributed by atoms with Crippen molar-refractivity contribution >= 4 is 75.1 Å². The molecule has 4 rings (SSSR count). The number of thioether (sulfide) groups is 1. The Hall–Kier alpha value is -3.76. The van der Waals surface area contributed by atoms with Crippen LogP contribution in [0.2, 0.25) is 0 Å². The minimum atomic E-state index is -1.01. The van der Waals surface area contributed by atoms with Gasteiger partial charge in [0, 0.05) is 16.0 Å². The predicted octanol–water partition coefficient (Wildman–Crippen LogP) is 2.13. The van der Waals surface area contributed by atoms with Crippen LogP contribution in [0.1, 0.15) is 37.0 Å². The summed E-state index contributed by atoms with van der Waals surface area (Å²) in [6.07, 6.45) is 3.51. The molecule has 0 saturated carbocycles. The monoisotopic (exact) mass is 606 g/mol. The summed E-state index contributed by atoms with van der Waals surface area (Å²) in [5.74, 6) is -2.51. The van der Waals surface area contributed by atoms with E-state index < -0.39 is 53.1 Å². The number of fused-ring (bicyclic) bond motifs is 1. The van der Waals surface area contributed by atoms with Gasteiger partial charge < -0.3 is 25.7 Å². The lowest BCUT2D eigenvalue weighted by Gasteiger charge is -2.49. The first-order chi connectivity index (χ1) is 18.9. The summed E-state index contributed by atoms with van der Waals surface area (Å²) in [6.45, 7) is 6.21. The number of nitrogens with one attached hydrogen (secondary N) is 1. The minimum absolute atomic E-state index is 0.0206. The van der Waals surface area contributed by atoms with Crippen LogP contribution >= 0.6 is 34.4 Å². The van der Waals surface area contributed by atoms with Crippen molar-refractivity contribution < 1.29 is 33.9 Å². The number of allylic oxidation sites excluding steroid dienone is 1.